The molecule has 1 spiro atoms. The van der Waals surface area contributed by atoms with Crippen molar-refractivity contribution in [3.8, 4) is 0 Å². The summed E-state index contributed by atoms with van der Waals surface area (Å²) in [5, 5.41) is 0. The van der Waals surface area contributed by atoms with Gasteiger partial charge < -0.3 is 9.80 Å². The van der Waals surface area contributed by atoms with E-state index in [1.54, 1.807) is 4.90 Å². The fourth-order valence-electron chi connectivity index (χ4n) is 4.86. The first-order valence-electron chi connectivity index (χ1n) is 9.75. The Kier molecular flexibility index (Phi) is 4.13. The number of carbonyl (C=O) groups excluding carboxylic acids is 2. The first-order valence-corrected chi connectivity index (χ1v) is 9.75. The average molecular weight is 331 g/mol. The second kappa shape index (κ2) is 6.16. The first-order chi connectivity index (χ1) is 11.6. The summed E-state index contributed by atoms with van der Waals surface area (Å²) in [6.07, 6.45) is 10.8. The van der Waals surface area contributed by atoms with Gasteiger partial charge in [0, 0.05) is 25.9 Å². The van der Waals surface area contributed by atoms with Crippen LogP contribution in [0.3, 0.4) is 0 Å². The molecule has 4 rings (SSSR count). The van der Waals surface area contributed by atoms with E-state index in [2.05, 4.69) is 0 Å². The third-order valence-electron chi connectivity index (χ3n) is 6.62. The normalized spacial score (nSPS) is 31.7. The molecule has 2 saturated carbocycles. The van der Waals surface area contributed by atoms with Gasteiger partial charge in [0.15, 0.2) is 5.54 Å². The maximum atomic E-state index is 12.9. The Morgan fingerprint density at radius 1 is 1.17 bits per heavy atom. The molecule has 5 heteroatoms. The molecule has 3 fully saturated rings. The monoisotopic (exact) mass is 331 g/mol. The molecule has 2 amide bonds. The van der Waals surface area contributed by atoms with Gasteiger partial charge >= 0.3 is 0 Å². The van der Waals surface area contributed by atoms with E-state index in [-0.39, 0.29) is 17.7 Å². The maximum absolute atomic E-state index is 12.9. The summed E-state index contributed by atoms with van der Waals surface area (Å²) in [5.74, 6) is 2.23. The van der Waals surface area contributed by atoms with Crippen LogP contribution in [0.25, 0.3) is 0 Å². The molecular formula is C19H29N3O2. The summed E-state index contributed by atoms with van der Waals surface area (Å²) in [6.45, 7) is 1.29. The van der Waals surface area contributed by atoms with Gasteiger partial charge in [0.25, 0.3) is 5.91 Å². The van der Waals surface area contributed by atoms with E-state index < -0.39 is 5.54 Å². The molecule has 132 valence electrons. The summed E-state index contributed by atoms with van der Waals surface area (Å²) in [4.78, 5) is 34.4. The van der Waals surface area contributed by atoms with Gasteiger partial charge in [-0.2, -0.15) is 0 Å². The van der Waals surface area contributed by atoms with Gasteiger partial charge in [0.2, 0.25) is 5.91 Å². The quantitative estimate of drug-likeness (QED) is 0.798. The van der Waals surface area contributed by atoms with Crippen LogP contribution < -0.4 is 0 Å². The van der Waals surface area contributed by atoms with Crippen molar-refractivity contribution in [3.63, 3.8) is 0 Å². The van der Waals surface area contributed by atoms with Crippen LogP contribution in [0.15, 0.2) is 4.99 Å². The van der Waals surface area contributed by atoms with Gasteiger partial charge in [-0.3, -0.25) is 14.6 Å². The standard InChI is InChI=1S/C19H29N3O2/c1-21-16(12-14-6-4-7-14)20-19(18(21)24)10-5-11-22(13-19)17(23)15-8-2-3-9-15/h14-15H,2-13H2,1H3. The molecule has 0 aromatic heterocycles. The van der Waals surface area contributed by atoms with Crippen LogP contribution in [-0.4, -0.2) is 53.1 Å². The third-order valence-corrected chi connectivity index (χ3v) is 6.62. The number of hydrogen-bond acceptors (Lipinski definition) is 3. The van der Waals surface area contributed by atoms with Crippen molar-refractivity contribution in [1.29, 1.82) is 0 Å². The smallest absolute Gasteiger partial charge is 0.257 e. The molecule has 1 saturated heterocycles. The molecule has 2 heterocycles. The van der Waals surface area contributed by atoms with Crippen molar-refractivity contribution in [1.82, 2.24) is 9.80 Å². The van der Waals surface area contributed by atoms with Crippen LogP contribution in [-0.2, 0) is 9.59 Å². The van der Waals surface area contributed by atoms with Crippen LogP contribution in [0.1, 0.15) is 64.2 Å². The minimum absolute atomic E-state index is 0.112. The zero-order valence-corrected chi connectivity index (χ0v) is 14.8. The zero-order valence-electron chi connectivity index (χ0n) is 14.8. The zero-order chi connectivity index (χ0) is 16.7. The third kappa shape index (κ3) is 2.66. The largest absolute Gasteiger partial charge is 0.339 e. The number of hydrogen-bond donors (Lipinski definition) is 0. The van der Waals surface area contributed by atoms with E-state index in [0.29, 0.717) is 12.5 Å². The highest BCUT2D eigenvalue weighted by Crippen LogP contribution is 2.37. The van der Waals surface area contributed by atoms with E-state index >= 15 is 0 Å². The van der Waals surface area contributed by atoms with Crippen LogP contribution in [0.2, 0.25) is 0 Å². The molecule has 1 unspecified atom stereocenters. The van der Waals surface area contributed by atoms with E-state index in [9.17, 15) is 9.59 Å². The highest BCUT2D eigenvalue weighted by atomic mass is 16.2. The second-order valence-corrected chi connectivity index (χ2v) is 8.27. The second-order valence-electron chi connectivity index (χ2n) is 8.27. The van der Waals surface area contributed by atoms with Crippen molar-refractivity contribution >= 4 is 17.6 Å². The number of amidine groups is 1. The Morgan fingerprint density at radius 3 is 2.58 bits per heavy atom. The predicted molar refractivity (Wildman–Crippen MR) is 92.7 cm³/mol. The lowest BCUT2D eigenvalue weighted by molar-refractivity contribution is -0.140. The lowest BCUT2D eigenvalue weighted by Crippen LogP contribution is -2.55. The highest BCUT2D eigenvalue weighted by molar-refractivity contribution is 6.08. The van der Waals surface area contributed by atoms with Gasteiger partial charge in [-0.05, 0) is 31.6 Å². The van der Waals surface area contributed by atoms with E-state index in [4.69, 9.17) is 4.99 Å². The molecule has 5 nitrogen and oxygen atoms in total. The van der Waals surface area contributed by atoms with Crippen LogP contribution in [0.5, 0.6) is 0 Å². The lowest BCUT2D eigenvalue weighted by atomic mass is 9.82. The number of nitrogens with zero attached hydrogens (tertiary/aromatic N) is 3. The van der Waals surface area contributed by atoms with Crippen molar-refractivity contribution in [2.24, 2.45) is 16.8 Å². The Morgan fingerprint density at radius 2 is 1.92 bits per heavy atom. The van der Waals surface area contributed by atoms with Gasteiger partial charge in [0.05, 0.1) is 6.54 Å². The highest BCUT2D eigenvalue weighted by Gasteiger charge is 2.50. The molecule has 0 aromatic carbocycles. The van der Waals surface area contributed by atoms with E-state index in [0.717, 1.165) is 44.5 Å². The Labute approximate surface area is 144 Å². The fourth-order valence-corrected chi connectivity index (χ4v) is 4.86. The SMILES string of the molecule is CN1C(=O)C2(CCCN(C(=O)C3CCCC3)C2)N=C1CC1CCC1. The minimum Gasteiger partial charge on any atom is -0.339 e. The molecular weight excluding hydrogens is 302 g/mol. The molecule has 0 aromatic rings. The van der Waals surface area contributed by atoms with Crippen molar-refractivity contribution in [2.45, 2.75) is 69.7 Å². The molecule has 4 aliphatic rings. The van der Waals surface area contributed by atoms with E-state index in [1.807, 2.05) is 11.9 Å². The number of amides is 2. The van der Waals surface area contributed by atoms with Gasteiger partial charge in [-0.15, -0.1) is 0 Å². The van der Waals surface area contributed by atoms with E-state index in [1.165, 1.54) is 32.1 Å². The first kappa shape index (κ1) is 16.1. The number of aliphatic imine (C=N–C) groups is 1. The number of rotatable bonds is 3. The molecule has 0 bridgehead atoms. The summed E-state index contributed by atoms with van der Waals surface area (Å²) in [5.41, 5.74) is -0.680. The summed E-state index contributed by atoms with van der Waals surface area (Å²) < 4.78 is 0. The van der Waals surface area contributed by atoms with Crippen molar-refractivity contribution < 1.29 is 9.59 Å². The van der Waals surface area contributed by atoms with Gasteiger partial charge in [-0.25, -0.2) is 0 Å². The lowest BCUT2D eigenvalue weighted by Gasteiger charge is -2.38. The number of carbonyl (C=O) groups is 2. The van der Waals surface area contributed by atoms with Gasteiger partial charge in [-0.1, -0.05) is 32.1 Å². The number of likely N-dealkylation sites (N-methyl/N-ethyl adjacent to an activating group) is 1. The molecule has 0 N–H and O–H groups in total. The summed E-state index contributed by atoms with van der Waals surface area (Å²) in [7, 11) is 1.87. The molecule has 1 atom stereocenters. The van der Waals surface area contributed by atoms with Crippen LogP contribution in [0.4, 0.5) is 0 Å². The topological polar surface area (TPSA) is 53.0 Å². The Balaban J connectivity index is 1.50. The van der Waals surface area contributed by atoms with Gasteiger partial charge in [0.1, 0.15) is 5.84 Å². The fraction of sp³-hybridized carbons (Fsp3) is 0.842. The summed E-state index contributed by atoms with van der Waals surface area (Å²) in [6, 6.07) is 0. The van der Waals surface area contributed by atoms with Crippen molar-refractivity contribution in [3.05, 3.63) is 0 Å². The molecule has 0 radical (unpaired) electrons. The summed E-state index contributed by atoms with van der Waals surface area (Å²) >= 11 is 0. The number of piperidine rings is 1. The van der Waals surface area contributed by atoms with Crippen LogP contribution >= 0.6 is 0 Å². The van der Waals surface area contributed by atoms with Crippen LogP contribution in [0, 0.1) is 11.8 Å². The predicted octanol–water partition coefficient (Wildman–Crippen LogP) is 2.60. The molecule has 24 heavy (non-hydrogen) atoms. The number of likely N-dealkylation sites (tertiary alicyclic amines) is 1. The average Bonchev–Trinajstić information content (AvgIpc) is 3.15. The molecule has 2 aliphatic carbocycles. The minimum atomic E-state index is -0.680. The van der Waals surface area contributed by atoms with Crippen molar-refractivity contribution in [2.75, 3.05) is 20.1 Å². The Hall–Kier alpha value is -1.39. The maximum Gasteiger partial charge on any atom is 0.257 e. The molecule has 2 aliphatic heterocycles. The Bertz CT molecular complexity index is 563.